The zero-order valence-corrected chi connectivity index (χ0v) is 10.5. The number of aromatic nitrogens is 1. The molecule has 1 aromatic heterocycles. The summed E-state index contributed by atoms with van der Waals surface area (Å²) in [5.74, 6) is -0.665. The molecule has 0 saturated carbocycles. The van der Waals surface area contributed by atoms with E-state index < -0.39 is 11.2 Å². The summed E-state index contributed by atoms with van der Waals surface area (Å²) in [6.45, 7) is 3.59. The van der Waals surface area contributed by atoms with Crippen molar-refractivity contribution in [2.75, 3.05) is 7.05 Å². The zero-order chi connectivity index (χ0) is 13.3. The first kappa shape index (κ1) is 12.4. The molecule has 0 fully saturated rings. The Morgan fingerprint density at radius 1 is 1.39 bits per heavy atom. The van der Waals surface area contributed by atoms with Crippen LogP contribution >= 0.6 is 0 Å². The Labute approximate surface area is 103 Å². The molecule has 2 aromatic rings. The number of benzene rings is 1. The van der Waals surface area contributed by atoms with Crippen molar-refractivity contribution < 1.29 is 9.21 Å². The van der Waals surface area contributed by atoms with Crippen LogP contribution in [0.2, 0.25) is 0 Å². The minimum absolute atomic E-state index is 0.165. The highest BCUT2D eigenvalue weighted by Gasteiger charge is 2.30. The smallest absolute Gasteiger partial charge is 0.408 e. The lowest BCUT2D eigenvalue weighted by atomic mass is 9.84. The van der Waals surface area contributed by atoms with Crippen molar-refractivity contribution in [3.05, 3.63) is 34.3 Å². The highest BCUT2D eigenvalue weighted by atomic mass is 16.4. The number of carbonyl (C=O) groups is 1. The van der Waals surface area contributed by atoms with E-state index in [0.717, 1.165) is 5.56 Å². The molecule has 0 saturated heterocycles. The Morgan fingerprint density at radius 3 is 2.78 bits per heavy atom. The third-order valence-corrected chi connectivity index (χ3v) is 2.95. The van der Waals surface area contributed by atoms with Crippen LogP contribution in [0, 0.1) is 0 Å². The zero-order valence-electron chi connectivity index (χ0n) is 10.5. The summed E-state index contributed by atoms with van der Waals surface area (Å²) in [6, 6.07) is 5.22. The minimum Gasteiger partial charge on any atom is -0.408 e. The van der Waals surface area contributed by atoms with E-state index in [-0.39, 0.29) is 5.91 Å². The van der Waals surface area contributed by atoms with E-state index in [2.05, 4.69) is 15.8 Å². The molecule has 96 valence electrons. The normalized spacial score (nSPS) is 11.7. The van der Waals surface area contributed by atoms with E-state index in [1.807, 2.05) is 0 Å². The number of hydrazine groups is 1. The van der Waals surface area contributed by atoms with Gasteiger partial charge in [0.2, 0.25) is 5.91 Å². The molecule has 2 rings (SSSR count). The predicted octanol–water partition coefficient (Wildman–Crippen LogP) is 0.649. The first-order valence-corrected chi connectivity index (χ1v) is 5.55. The van der Waals surface area contributed by atoms with E-state index in [1.165, 1.54) is 0 Å². The summed E-state index contributed by atoms with van der Waals surface area (Å²) in [6.07, 6.45) is 0. The summed E-state index contributed by atoms with van der Waals surface area (Å²) < 4.78 is 4.98. The minimum atomic E-state index is -0.729. The van der Waals surface area contributed by atoms with E-state index in [4.69, 9.17) is 4.42 Å². The standard InChI is InChI=1S/C12H15N3O3/c1-12(2,10(16)15-13-3)7-4-5-8-9(6-7)18-11(17)14-8/h4-6,13H,1-3H3,(H,14,17)(H,15,16). The number of nitrogens with one attached hydrogen (secondary N) is 3. The second-order valence-electron chi connectivity index (χ2n) is 4.55. The van der Waals surface area contributed by atoms with Crippen LogP contribution in [-0.2, 0) is 10.2 Å². The van der Waals surface area contributed by atoms with Gasteiger partial charge >= 0.3 is 5.76 Å². The highest BCUT2D eigenvalue weighted by Crippen LogP contribution is 2.25. The molecule has 3 N–H and O–H groups in total. The Morgan fingerprint density at radius 2 is 2.11 bits per heavy atom. The number of hydrogen-bond donors (Lipinski definition) is 3. The number of H-pyrrole nitrogens is 1. The van der Waals surface area contributed by atoms with Crippen LogP contribution < -0.4 is 16.6 Å². The van der Waals surface area contributed by atoms with Gasteiger partial charge in [-0.2, -0.15) is 0 Å². The second kappa shape index (κ2) is 4.30. The van der Waals surface area contributed by atoms with Crippen LogP contribution in [0.15, 0.2) is 27.4 Å². The molecule has 1 aromatic carbocycles. The van der Waals surface area contributed by atoms with E-state index in [0.29, 0.717) is 11.1 Å². The van der Waals surface area contributed by atoms with Crippen molar-refractivity contribution in [1.29, 1.82) is 0 Å². The molecule has 1 amide bonds. The molecule has 1 heterocycles. The van der Waals surface area contributed by atoms with Gasteiger partial charge in [-0.1, -0.05) is 6.07 Å². The monoisotopic (exact) mass is 249 g/mol. The van der Waals surface area contributed by atoms with Crippen LogP contribution in [0.25, 0.3) is 11.1 Å². The fraction of sp³-hybridized carbons (Fsp3) is 0.333. The average Bonchev–Trinajstić information content (AvgIpc) is 2.68. The summed E-state index contributed by atoms with van der Waals surface area (Å²) >= 11 is 0. The maximum Gasteiger partial charge on any atom is 0.417 e. The van der Waals surface area contributed by atoms with Gasteiger partial charge in [-0.05, 0) is 31.5 Å². The molecular formula is C12H15N3O3. The maximum absolute atomic E-state index is 11.9. The fourth-order valence-corrected chi connectivity index (χ4v) is 1.74. The Balaban J connectivity index is 2.46. The van der Waals surface area contributed by atoms with E-state index in [9.17, 15) is 9.59 Å². The molecule has 18 heavy (non-hydrogen) atoms. The first-order chi connectivity index (χ1) is 8.45. The Hall–Kier alpha value is -2.08. The molecule has 6 nitrogen and oxygen atoms in total. The lowest BCUT2D eigenvalue weighted by Crippen LogP contribution is -2.45. The number of oxazole rings is 1. The average molecular weight is 249 g/mol. The van der Waals surface area contributed by atoms with Gasteiger partial charge in [0.15, 0.2) is 5.58 Å². The number of amides is 1. The molecule has 0 aliphatic rings. The van der Waals surface area contributed by atoms with Gasteiger partial charge in [-0.15, -0.1) is 0 Å². The quantitative estimate of drug-likeness (QED) is 0.697. The van der Waals surface area contributed by atoms with Gasteiger partial charge in [0.1, 0.15) is 0 Å². The van der Waals surface area contributed by atoms with Crippen molar-refractivity contribution in [1.82, 2.24) is 15.8 Å². The number of rotatable bonds is 3. The number of fused-ring (bicyclic) bond motifs is 1. The van der Waals surface area contributed by atoms with Gasteiger partial charge in [0, 0.05) is 7.05 Å². The van der Waals surface area contributed by atoms with E-state index in [1.54, 1.807) is 39.1 Å². The third kappa shape index (κ3) is 2.02. The van der Waals surface area contributed by atoms with E-state index >= 15 is 0 Å². The molecule has 6 heteroatoms. The molecule has 0 unspecified atom stereocenters. The topological polar surface area (TPSA) is 87.1 Å². The van der Waals surface area contributed by atoms with Gasteiger partial charge in [-0.25, -0.2) is 10.2 Å². The number of hydrogen-bond acceptors (Lipinski definition) is 4. The molecule has 0 atom stereocenters. The van der Waals surface area contributed by atoms with Crippen molar-refractivity contribution >= 4 is 17.0 Å². The van der Waals surface area contributed by atoms with Gasteiger partial charge < -0.3 is 4.42 Å². The van der Waals surface area contributed by atoms with Gasteiger partial charge in [-0.3, -0.25) is 15.2 Å². The van der Waals surface area contributed by atoms with Crippen LogP contribution in [-0.4, -0.2) is 17.9 Å². The van der Waals surface area contributed by atoms with Crippen LogP contribution in [0.1, 0.15) is 19.4 Å². The SMILES string of the molecule is CNNC(=O)C(C)(C)c1ccc2[nH]c(=O)oc2c1. The molecular weight excluding hydrogens is 234 g/mol. The molecule has 0 radical (unpaired) electrons. The third-order valence-electron chi connectivity index (χ3n) is 2.95. The van der Waals surface area contributed by atoms with Gasteiger partial charge in [0.05, 0.1) is 10.9 Å². The van der Waals surface area contributed by atoms with Crippen LogP contribution in [0.4, 0.5) is 0 Å². The second-order valence-corrected chi connectivity index (χ2v) is 4.55. The molecule has 0 spiro atoms. The molecule has 0 bridgehead atoms. The number of aromatic amines is 1. The molecule has 0 aliphatic carbocycles. The largest absolute Gasteiger partial charge is 0.417 e. The summed E-state index contributed by atoms with van der Waals surface area (Å²) in [7, 11) is 1.63. The highest BCUT2D eigenvalue weighted by molar-refractivity contribution is 5.88. The molecule has 0 aliphatic heterocycles. The summed E-state index contributed by atoms with van der Waals surface area (Å²) in [5.41, 5.74) is 6.26. The Kier molecular flexibility index (Phi) is 2.96. The fourth-order valence-electron chi connectivity index (χ4n) is 1.74. The van der Waals surface area contributed by atoms with Crippen molar-refractivity contribution in [2.45, 2.75) is 19.3 Å². The van der Waals surface area contributed by atoms with Crippen LogP contribution in [0.3, 0.4) is 0 Å². The van der Waals surface area contributed by atoms with Crippen molar-refractivity contribution in [3.8, 4) is 0 Å². The lowest BCUT2D eigenvalue weighted by molar-refractivity contribution is -0.126. The van der Waals surface area contributed by atoms with Gasteiger partial charge in [0.25, 0.3) is 0 Å². The maximum atomic E-state index is 11.9. The van der Waals surface area contributed by atoms with Crippen molar-refractivity contribution in [3.63, 3.8) is 0 Å². The Bertz CT molecular complexity index is 639. The van der Waals surface area contributed by atoms with Crippen LogP contribution in [0.5, 0.6) is 0 Å². The lowest BCUT2D eigenvalue weighted by Gasteiger charge is -2.23. The predicted molar refractivity (Wildman–Crippen MR) is 67.1 cm³/mol. The number of carbonyl (C=O) groups excluding carboxylic acids is 1. The van der Waals surface area contributed by atoms with Crippen molar-refractivity contribution in [2.24, 2.45) is 0 Å². The summed E-state index contributed by atoms with van der Waals surface area (Å²) in [5, 5.41) is 0. The summed E-state index contributed by atoms with van der Waals surface area (Å²) in [4.78, 5) is 25.6. The first-order valence-electron chi connectivity index (χ1n) is 5.55.